The van der Waals surface area contributed by atoms with Crippen LogP contribution in [0.5, 0.6) is 0 Å². The Balaban J connectivity index is 1.42. The lowest BCUT2D eigenvalue weighted by molar-refractivity contribution is -0.00180. The molecular weight excluding hydrogens is 553 g/mol. The fourth-order valence-electron chi connectivity index (χ4n) is 5.80. The zero-order valence-electron chi connectivity index (χ0n) is 25.1. The highest BCUT2D eigenvalue weighted by Gasteiger charge is 2.45. The van der Waals surface area contributed by atoms with Crippen molar-refractivity contribution in [1.82, 2.24) is 24.8 Å². The maximum Gasteiger partial charge on any atom is 0.410 e. The molecule has 2 bridgehead atoms. The molecule has 11 nitrogen and oxygen atoms in total. The molecule has 2 aliphatic rings. The molecule has 3 N–H and O–H groups in total. The average Bonchev–Trinajstić information content (AvgIpc) is 3.47. The fraction of sp³-hybridized carbons (Fsp3) is 0.516. The summed E-state index contributed by atoms with van der Waals surface area (Å²) in [5, 5.41) is 29.7. The number of halogens is 1. The van der Waals surface area contributed by atoms with Gasteiger partial charge in [-0.05, 0) is 84.6 Å². The van der Waals surface area contributed by atoms with E-state index in [0.29, 0.717) is 35.5 Å². The molecule has 4 atom stereocenters. The molecule has 0 unspecified atom stereocenters. The Morgan fingerprint density at radius 2 is 1.86 bits per heavy atom. The van der Waals surface area contributed by atoms with Crippen LogP contribution in [-0.4, -0.2) is 78.6 Å². The van der Waals surface area contributed by atoms with Crippen LogP contribution >= 0.6 is 0 Å². The fourth-order valence-corrected chi connectivity index (χ4v) is 5.80. The van der Waals surface area contributed by atoms with Gasteiger partial charge in [-0.1, -0.05) is 0 Å². The number of carbonyl (C=O) groups excluding carboxylic acids is 2. The van der Waals surface area contributed by atoms with Crippen molar-refractivity contribution in [3.05, 3.63) is 47.8 Å². The molecule has 5 heterocycles. The minimum Gasteiger partial charge on any atom is -0.444 e. The van der Waals surface area contributed by atoms with Gasteiger partial charge < -0.3 is 25.4 Å². The molecule has 5 rings (SSSR count). The predicted octanol–water partition coefficient (Wildman–Crippen LogP) is 4.45. The predicted molar refractivity (Wildman–Crippen MR) is 158 cm³/mol. The van der Waals surface area contributed by atoms with E-state index >= 15 is 0 Å². The summed E-state index contributed by atoms with van der Waals surface area (Å²) >= 11 is 0. The summed E-state index contributed by atoms with van der Waals surface area (Å²) in [4.78, 5) is 32.6. The number of hydrogen-bond donors (Lipinski definition) is 3. The Hall–Kier alpha value is -4.24. The summed E-state index contributed by atoms with van der Waals surface area (Å²) in [5.41, 5.74) is 0.924. The van der Waals surface area contributed by atoms with E-state index in [1.807, 2.05) is 37.8 Å². The van der Waals surface area contributed by atoms with E-state index in [0.717, 1.165) is 18.4 Å². The molecule has 3 aromatic heterocycles. The van der Waals surface area contributed by atoms with Gasteiger partial charge in [0.1, 0.15) is 17.8 Å². The van der Waals surface area contributed by atoms with Gasteiger partial charge >= 0.3 is 6.09 Å². The topological polar surface area (TPSA) is 145 Å². The Morgan fingerprint density at radius 3 is 2.49 bits per heavy atom. The minimum absolute atomic E-state index is 0.0110. The normalized spacial score (nSPS) is 20.9. The molecule has 0 spiro atoms. The quantitative estimate of drug-likeness (QED) is 0.366. The standard InChI is InChI=1S/C31H38FN7O4/c1-30(2,3)43-29(41)38-20-6-7-21(38)12-19(11-20)37-24-13-25(26-9-8-22-10-18(14-33)15-36-39(22)26)34-16-23(24)28(40)35-17-27(32)31(4,5)42/h8-10,13,15-16,19-21,27,42H,6-7,11-12,17H2,1-5H3,(H,34,37)(H,35,40)/t19-,20-,21+,27-/m1/s1. The molecule has 12 heteroatoms. The van der Waals surface area contributed by atoms with Crippen molar-refractivity contribution >= 4 is 23.2 Å². The summed E-state index contributed by atoms with van der Waals surface area (Å²) in [7, 11) is 0. The summed E-state index contributed by atoms with van der Waals surface area (Å²) in [6.07, 6.45) is 4.04. The van der Waals surface area contributed by atoms with Crippen molar-refractivity contribution in [2.75, 3.05) is 11.9 Å². The molecular formula is C31H38FN7O4. The number of rotatable bonds is 7. The van der Waals surface area contributed by atoms with Crippen LogP contribution < -0.4 is 10.6 Å². The van der Waals surface area contributed by atoms with E-state index in [1.54, 1.807) is 16.6 Å². The molecule has 2 fully saturated rings. The maximum absolute atomic E-state index is 14.4. The molecule has 3 aromatic rings. The van der Waals surface area contributed by atoms with Gasteiger partial charge in [0.15, 0.2) is 0 Å². The van der Waals surface area contributed by atoms with E-state index in [9.17, 15) is 24.3 Å². The second-order valence-corrected chi connectivity index (χ2v) is 12.9. The van der Waals surface area contributed by atoms with Gasteiger partial charge in [-0.2, -0.15) is 10.4 Å². The van der Waals surface area contributed by atoms with Crippen LogP contribution in [0.1, 0.15) is 76.2 Å². The monoisotopic (exact) mass is 591 g/mol. The lowest BCUT2D eigenvalue weighted by atomic mass is 9.97. The number of ether oxygens (including phenoxy) is 1. The second-order valence-electron chi connectivity index (χ2n) is 12.9. The maximum atomic E-state index is 14.4. The van der Waals surface area contributed by atoms with Gasteiger partial charge in [-0.25, -0.2) is 13.7 Å². The number of alkyl halides is 1. The zero-order valence-corrected chi connectivity index (χ0v) is 25.1. The molecule has 0 radical (unpaired) electrons. The lowest BCUT2D eigenvalue weighted by Crippen LogP contribution is -2.51. The molecule has 2 aliphatic heterocycles. The van der Waals surface area contributed by atoms with Gasteiger partial charge in [0, 0.05) is 24.3 Å². The van der Waals surface area contributed by atoms with Crippen molar-refractivity contribution in [3.8, 4) is 17.5 Å². The van der Waals surface area contributed by atoms with Crippen molar-refractivity contribution in [2.24, 2.45) is 0 Å². The molecule has 228 valence electrons. The van der Waals surface area contributed by atoms with Gasteiger partial charge in [0.05, 0.1) is 52.1 Å². The molecule has 0 saturated carbocycles. The van der Waals surface area contributed by atoms with Crippen LogP contribution in [0.15, 0.2) is 36.7 Å². The number of carbonyl (C=O) groups is 2. The average molecular weight is 592 g/mol. The second kappa shape index (κ2) is 11.4. The third kappa shape index (κ3) is 6.57. The van der Waals surface area contributed by atoms with Gasteiger partial charge in [-0.3, -0.25) is 9.78 Å². The number of amides is 2. The Labute approximate surface area is 250 Å². The SMILES string of the molecule is CC(C)(C)OC(=O)N1[C@@H]2CC[C@H]1C[C@H](Nc1cc(-c3ccc4cc(C#N)cnn34)ncc1C(=O)NC[C@@H](F)C(C)(C)O)C2. The Morgan fingerprint density at radius 1 is 1.16 bits per heavy atom. The first kappa shape index (κ1) is 30.2. The van der Waals surface area contributed by atoms with Gasteiger partial charge in [-0.15, -0.1) is 0 Å². The Bertz CT molecular complexity index is 1550. The molecule has 2 saturated heterocycles. The van der Waals surface area contributed by atoms with Crippen molar-refractivity contribution in [3.63, 3.8) is 0 Å². The van der Waals surface area contributed by atoms with Crippen molar-refractivity contribution < 1.29 is 23.8 Å². The number of hydrogen-bond acceptors (Lipinski definition) is 8. The van der Waals surface area contributed by atoms with Gasteiger partial charge in [0.2, 0.25) is 0 Å². The highest BCUT2D eigenvalue weighted by molar-refractivity contribution is 6.00. The summed E-state index contributed by atoms with van der Waals surface area (Å²) in [6, 6.07) is 9.23. The molecule has 0 aromatic carbocycles. The number of piperidine rings is 1. The first-order valence-corrected chi connectivity index (χ1v) is 14.5. The minimum atomic E-state index is -1.66. The van der Waals surface area contributed by atoms with Crippen LogP contribution in [-0.2, 0) is 4.74 Å². The van der Waals surface area contributed by atoms with E-state index in [-0.39, 0.29) is 36.3 Å². The number of nitrogens with one attached hydrogen (secondary N) is 2. The third-order valence-corrected chi connectivity index (χ3v) is 7.95. The van der Waals surface area contributed by atoms with Gasteiger partial charge in [0.25, 0.3) is 5.91 Å². The number of nitrogens with zero attached hydrogens (tertiary/aromatic N) is 5. The van der Waals surface area contributed by atoms with E-state index in [4.69, 9.17) is 4.74 Å². The van der Waals surface area contributed by atoms with Crippen LogP contribution in [0, 0.1) is 11.3 Å². The smallest absolute Gasteiger partial charge is 0.410 e. The summed E-state index contributed by atoms with van der Waals surface area (Å²) in [6.45, 7) is 7.90. The van der Waals surface area contributed by atoms with Crippen LogP contribution in [0.4, 0.5) is 14.9 Å². The summed E-state index contributed by atoms with van der Waals surface area (Å²) in [5.74, 6) is -0.528. The number of aromatic nitrogens is 3. The highest BCUT2D eigenvalue weighted by Crippen LogP contribution is 2.38. The highest BCUT2D eigenvalue weighted by atomic mass is 19.1. The molecule has 0 aliphatic carbocycles. The van der Waals surface area contributed by atoms with Crippen LogP contribution in [0.3, 0.4) is 0 Å². The zero-order chi connectivity index (χ0) is 31.1. The van der Waals surface area contributed by atoms with Crippen molar-refractivity contribution in [1.29, 1.82) is 5.26 Å². The van der Waals surface area contributed by atoms with E-state index in [1.165, 1.54) is 26.2 Å². The number of anilines is 1. The number of aliphatic hydroxyl groups is 1. The molecule has 43 heavy (non-hydrogen) atoms. The first-order chi connectivity index (χ1) is 20.2. The molecule has 2 amide bonds. The first-order valence-electron chi connectivity index (χ1n) is 14.5. The third-order valence-electron chi connectivity index (χ3n) is 7.95. The van der Waals surface area contributed by atoms with Crippen LogP contribution in [0.25, 0.3) is 16.9 Å². The lowest BCUT2D eigenvalue weighted by Gasteiger charge is -2.40. The Kier molecular flexibility index (Phi) is 8.05. The van der Waals surface area contributed by atoms with E-state index in [2.05, 4.69) is 26.8 Å². The summed E-state index contributed by atoms with van der Waals surface area (Å²) < 4.78 is 21.8. The number of pyridine rings is 1. The van der Waals surface area contributed by atoms with E-state index < -0.39 is 23.3 Å². The van der Waals surface area contributed by atoms with Crippen molar-refractivity contribution in [2.45, 2.75) is 95.8 Å². The van der Waals surface area contributed by atoms with Crippen LogP contribution in [0.2, 0.25) is 0 Å². The largest absolute Gasteiger partial charge is 0.444 e. The number of nitriles is 1. The number of fused-ring (bicyclic) bond motifs is 3.